The van der Waals surface area contributed by atoms with E-state index >= 15 is 0 Å². The second kappa shape index (κ2) is 7.52. The lowest BCUT2D eigenvalue weighted by atomic mass is 10.0. The highest BCUT2D eigenvalue weighted by atomic mass is 16.3. The Morgan fingerprint density at radius 2 is 1.86 bits per heavy atom. The number of rotatable bonds is 5. The molecule has 0 aliphatic carbocycles. The SMILES string of the molecule is Cc1[nH]nc2nc(-c3ccc(O)cc3)cc(C(=O)NCCc3ccccc3)c12. The van der Waals surface area contributed by atoms with Gasteiger partial charge in [-0.05, 0) is 49.2 Å². The van der Waals surface area contributed by atoms with Gasteiger partial charge in [-0.3, -0.25) is 9.89 Å². The number of pyridine rings is 1. The molecule has 0 saturated carbocycles. The molecule has 3 N–H and O–H groups in total. The largest absolute Gasteiger partial charge is 0.508 e. The smallest absolute Gasteiger partial charge is 0.252 e. The summed E-state index contributed by atoms with van der Waals surface area (Å²) in [6.07, 6.45) is 0.760. The van der Waals surface area contributed by atoms with E-state index < -0.39 is 0 Å². The van der Waals surface area contributed by atoms with Gasteiger partial charge in [0.1, 0.15) is 5.75 Å². The van der Waals surface area contributed by atoms with Crippen LogP contribution in [0.2, 0.25) is 0 Å². The van der Waals surface area contributed by atoms with Crippen molar-refractivity contribution in [3.05, 3.63) is 77.5 Å². The number of aromatic nitrogens is 3. The molecule has 0 radical (unpaired) electrons. The second-order valence-corrected chi connectivity index (χ2v) is 6.64. The van der Waals surface area contributed by atoms with Crippen LogP contribution in [0.4, 0.5) is 0 Å². The van der Waals surface area contributed by atoms with Gasteiger partial charge in [-0.2, -0.15) is 5.10 Å². The lowest BCUT2D eigenvalue weighted by Gasteiger charge is -2.09. The summed E-state index contributed by atoms with van der Waals surface area (Å²) in [7, 11) is 0. The highest BCUT2D eigenvalue weighted by molar-refractivity contribution is 6.07. The summed E-state index contributed by atoms with van der Waals surface area (Å²) in [4.78, 5) is 17.5. The van der Waals surface area contributed by atoms with E-state index in [2.05, 4.69) is 20.5 Å². The molecule has 4 aromatic rings. The van der Waals surface area contributed by atoms with Crippen molar-refractivity contribution in [2.24, 2.45) is 0 Å². The Labute approximate surface area is 162 Å². The number of amides is 1. The molecule has 0 unspecified atom stereocenters. The molecule has 0 saturated heterocycles. The molecule has 0 spiro atoms. The first kappa shape index (κ1) is 17.7. The molecule has 2 heterocycles. The number of carbonyl (C=O) groups excluding carboxylic acids is 1. The van der Waals surface area contributed by atoms with Gasteiger partial charge in [0, 0.05) is 17.8 Å². The monoisotopic (exact) mass is 372 g/mol. The topological polar surface area (TPSA) is 90.9 Å². The maximum Gasteiger partial charge on any atom is 0.252 e. The van der Waals surface area contributed by atoms with Crippen molar-refractivity contribution in [3.63, 3.8) is 0 Å². The number of benzene rings is 2. The Kier molecular flexibility index (Phi) is 4.76. The summed E-state index contributed by atoms with van der Waals surface area (Å²) in [5.41, 5.74) is 4.44. The summed E-state index contributed by atoms with van der Waals surface area (Å²) < 4.78 is 0. The zero-order valence-corrected chi connectivity index (χ0v) is 15.4. The van der Waals surface area contributed by atoms with Gasteiger partial charge in [-0.1, -0.05) is 30.3 Å². The highest BCUT2D eigenvalue weighted by Crippen LogP contribution is 2.26. The van der Waals surface area contributed by atoms with Crippen molar-refractivity contribution in [2.45, 2.75) is 13.3 Å². The van der Waals surface area contributed by atoms with E-state index in [0.717, 1.165) is 23.1 Å². The molecule has 1 amide bonds. The average molecular weight is 372 g/mol. The van der Waals surface area contributed by atoms with Gasteiger partial charge in [-0.15, -0.1) is 0 Å². The molecule has 6 nitrogen and oxygen atoms in total. The third-order valence-corrected chi connectivity index (χ3v) is 4.65. The number of phenols is 1. The van der Waals surface area contributed by atoms with E-state index in [1.54, 1.807) is 30.3 Å². The molecular formula is C22H20N4O2. The zero-order valence-electron chi connectivity index (χ0n) is 15.4. The number of aryl methyl sites for hydroxylation is 1. The zero-order chi connectivity index (χ0) is 19.5. The molecule has 0 fully saturated rings. The minimum absolute atomic E-state index is 0.159. The average Bonchev–Trinajstić information content (AvgIpc) is 3.09. The van der Waals surface area contributed by atoms with Gasteiger partial charge in [0.2, 0.25) is 0 Å². The molecule has 6 heteroatoms. The molecule has 0 aliphatic rings. The van der Waals surface area contributed by atoms with Crippen LogP contribution < -0.4 is 5.32 Å². The molecule has 2 aromatic heterocycles. The number of phenolic OH excluding ortho intramolecular Hbond substituents is 1. The van der Waals surface area contributed by atoms with Crippen molar-refractivity contribution in [3.8, 4) is 17.0 Å². The van der Waals surface area contributed by atoms with Crippen LogP contribution in [0.1, 0.15) is 21.6 Å². The summed E-state index contributed by atoms with van der Waals surface area (Å²) in [6.45, 7) is 2.41. The fraction of sp³-hybridized carbons (Fsp3) is 0.136. The van der Waals surface area contributed by atoms with Crippen molar-refractivity contribution in [1.29, 1.82) is 0 Å². The molecule has 0 bridgehead atoms. The minimum Gasteiger partial charge on any atom is -0.508 e. The molecule has 4 rings (SSSR count). The Balaban J connectivity index is 1.63. The predicted molar refractivity (Wildman–Crippen MR) is 108 cm³/mol. The lowest BCUT2D eigenvalue weighted by molar-refractivity contribution is 0.0955. The van der Waals surface area contributed by atoms with E-state index in [1.165, 1.54) is 5.56 Å². The Bertz CT molecular complexity index is 1120. The molecule has 0 aliphatic heterocycles. The van der Waals surface area contributed by atoms with Gasteiger partial charge in [0.05, 0.1) is 16.6 Å². The van der Waals surface area contributed by atoms with Crippen molar-refractivity contribution >= 4 is 16.9 Å². The van der Waals surface area contributed by atoms with Gasteiger partial charge in [0.25, 0.3) is 5.91 Å². The van der Waals surface area contributed by atoms with Crippen molar-refractivity contribution in [2.75, 3.05) is 6.54 Å². The van der Waals surface area contributed by atoms with Crippen LogP contribution in [0.25, 0.3) is 22.3 Å². The van der Waals surface area contributed by atoms with Crippen LogP contribution in [0.5, 0.6) is 5.75 Å². The number of fused-ring (bicyclic) bond motifs is 1. The quantitative estimate of drug-likeness (QED) is 0.499. The van der Waals surface area contributed by atoms with Gasteiger partial charge in [0.15, 0.2) is 5.65 Å². The van der Waals surface area contributed by atoms with Gasteiger partial charge < -0.3 is 10.4 Å². The number of aromatic amines is 1. The first-order valence-corrected chi connectivity index (χ1v) is 9.09. The lowest BCUT2D eigenvalue weighted by Crippen LogP contribution is -2.26. The van der Waals surface area contributed by atoms with Crippen LogP contribution in [0, 0.1) is 6.92 Å². The number of hydrogen-bond donors (Lipinski definition) is 3. The Morgan fingerprint density at radius 3 is 2.61 bits per heavy atom. The minimum atomic E-state index is -0.159. The molecule has 140 valence electrons. The third-order valence-electron chi connectivity index (χ3n) is 4.65. The first-order chi connectivity index (χ1) is 13.6. The van der Waals surface area contributed by atoms with Crippen molar-refractivity contribution in [1.82, 2.24) is 20.5 Å². The molecule has 28 heavy (non-hydrogen) atoms. The number of hydrogen-bond acceptors (Lipinski definition) is 4. The van der Waals surface area contributed by atoms with Crippen LogP contribution >= 0.6 is 0 Å². The van der Waals surface area contributed by atoms with E-state index in [1.807, 2.05) is 37.3 Å². The Morgan fingerprint density at radius 1 is 1.11 bits per heavy atom. The van der Waals surface area contributed by atoms with E-state index in [4.69, 9.17) is 0 Å². The summed E-state index contributed by atoms with van der Waals surface area (Å²) >= 11 is 0. The van der Waals surface area contributed by atoms with E-state index in [9.17, 15) is 9.90 Å². The van der Waals surface area contributed by atoms with Gasteiger partial charge in [-0.25, -0.2) is 4.98 Å². The maximum absolute atomic E-state index is 12.9. The summed E-state index contributed by atoms with van der Waals surface area (Å²) in [5.74, 6) is 0.0205. The molecule has 2 aromatic carbocycles. The highest BCUT2D eigenvalue weighted by Gasteiger charge is 2.17. The fourth-order valence-corrected chi connectivity index (χ4v) is 3.19. The van der Waals surface area contributed by atoms with Crippen LogP contribution in [0.3, 0.4) is 0 Å². The normalized spacial score (nSPS) is 10.9. The standard InChI is InChI=1S/C22H20N4O2/c1-14-20-18(22(28)23-12-11-15-5-3-2-4-6-15)13-19(24-21(20)26-25-14)16-7-9-17(27)10-8-16/h2-10,13,27H,11-12H2,1H3,(H,23,28)(H,24,25,26). The summed E-state index contributed by atoms with van der Waals surface area (Å²) in [6, 6.07) is 18.5. The third kappa shape index (κ3) is 3.57. The van der Waals surface area contributed by atoms with Crippen LogP contribution in [-0.2, 0) is 6.42 Å². The molecular weight excluding hydrogens is 352 g/mol. The van der Waals surface area contributed by atoms with Crippen molar-refractivity contribution < 1.29 is 9.90 Å². The second-order valence-electron chi connectivity index (χ2n) is 6.64. The van der Waals surface area contributed by atoms with Crippen LogP contribution in [-0.4, -0.2) is 32.7 Å². The fourth-order valence-electron chi connectivity index (χ4n) is 3.19. The number of aromatic hydroxyl groups is 1. The maximum atomic E-state index is 12.9. The van der Waals surface area contributed by atoms with E-state index in [0.29, 0.717) is 23.4 Å². The first-order valence-electron chi connectivity index (χ1n) is 9.09. The molecule has 0 atom stereocenters. The van der Waals surface area contributed by atoms with Gasteiger partial charge >= 0.3 is 0 Å². The summed E-state index contributed by atoms with van der Waals surface area (Å²) in [5, 5.41) is 20.4. The number of nitrogens with zero attached hydrogens (tertiary/aromatic N) is 2. The van der Waals surface area contributed by atoms with Crippen LogP contribution in [0.15, 0.2) is 60.7 Å². The van der Waals surface area contributed by atoms with E-state index in [-0.39, 0.29) is 11.7 Å². The number of H-pyrrole nitrogens is 1. The predicted octanol–water partition coefficient (Wildman–Crippen LogP) is 3.61. The number of carbonyl (C=O) groups is 1. The number of nitrogens with one attached hydrogen (secondary N) is 2. The Hall–Kier alpha value is -3.67.